The Labute approximate surface area is 177 Å². The maximum Gasteiger partial charge on any atom is 0.322 e. The number of nitrogens with one attached hydrogen (secondary N) is 1. The Balaban J connectivity index is 1.50. The van der Waals surface area contributed by atoms with Crippen molar-refractivity contribution in [3.63, 3.8) is 0 Å². The summed E-state index contributed by atoms with van der Waals surface area (Å²) in [4.78, 5) is 12.8. The van der Waals surface area contributed by atoms with Crippen LogP contribution in [0.4, 0.5) is 10.4 Å². The van der Waals surface area contributed by atoms with Crippen LogP contribution in [0.5, 0.6) is 5.75 Å². The molecule has 2 heterocycles. The quantitative estimate of drug-likeness (QED) is 0.619. The highest BCUT2D eigenvalue weighted by atomic mass is 32.2. The fourth-order valence-corrected chi connectivity index (χ4v) is 5.03. The predicted octanol–water partition coefficient (Wildman–Crippen LogP) is 2.68. The third-order valence-electron chi connectivity index (χ3n) is 4.90. The van der Waals surface area contributed by atoms with Gasteiger partial charge in [0.15, 0.2) is 0 Å². The van der Waals surface area contributed by atoms with Crippen molar-refractivity contribution < 1.29 is 26.8 Å². The van der Waals surface area contributed by atoms with Crippen molar-refractivity contribution in [1.29, 1.82) is 0 Å². The van der Waals surface area contributed by atoms with Gasteiger partial charge in [0, 0.05) is 12.1 Å². The van der Waals surface area contributed by atoms with Crippen LogP contribution in [-0.2, 0) is 14.8 Å². The lowest BCUT2D eigenvalue weighted by molar-refractivity contribution is -0.119. The highest BCUT2D eigenvalue weighted by molar-refractivity contribution is 7.89. The molecule has 4 rings (SSSR count). The number of carbonyl (C=O) groups is 1. The SMILES string of the molecule is COc1ccc(S(=O)(=O)N2CCCC2C(=O)Nc2nnc(-c3cccc(F)c3)o2)cc1. The minimum atomic E-state index is -3.88. The maximum atomic E-state index is 13.4. The first-order valence-electron chi connectivity index (χ1n) is 9.45. The van der Waals surface area contributed by atoms with Gasteiger partial charge in [-0.25, -0.2) is 12.8 Å². The van der Waals surface area contributed by atoms with Crippen LogP contribution in [-0.4, -0.2) is 48.5 Å². The Kier molecular flexibility index (Phi) is 5.70. The van der Waals surface area contributed by atoms with Crippen molar-refractivity contribution in [2.75, 3.05) is 19.0 Å². The number of nitrogens with zero attached hydrogens (tertiary/aromatic N) is 3. The van der Waals surface area contributed by atoms with Crippen LogP contribution in [0.1, 0.15) is 12.8 Å². The number of methoxy groups -OCH3 is 1. The van der Waals surface area contributed by atoms with Crippen LogP contribution < -0.4 is 10.1 Å². The number of ether oxygens (including phenoxy) is 1. The molecule has 0 aliphatic carbocycles. The molecule has 0 spiro atoms. The van der Waals surface area contributed by atoms with E-state index in [0.29, 0.717) is 24.2 Å². The first kappa shape index (κ1) is 20.9. The van der Waals surface area contributed by atoms with Crippen molar-refractivity contribution in [1.82, 2.24) is 14.5 Å². The van der Waals surface area contributed by atoms with E-state index in [1.54, 1.807) is 18.2 Å². The summed E-state index contributed by atoms with van der Waals surface area (Å²) in [5.41, 5.74) is 0.359. The van der Waals surface area contributed by atoms with Gasteiger partial charge in [-0.2, -0.15) is 4.31 Å². The molecule has 3 aromatic rings. The molecule has 11 heteroatoms. The van der Waals surface area contributed by atoms with Gasteiger partial charge < -0.3 is 9.15 Å². The second-order valence-electron chi connectivity index (χ2n) is 6.86. The van der Waals surface area contributed by atoms with E-state index in [9.17, 15) is 17.6 Å². The number of amides is 1. The lowest BCUT2D eigenvalue weighted by Crippen LogP contribution is -2.43. The van der Waals surface area contributed by atoms with Crippen LogP contribution in [0, 0.1) is 5.82 Å². The number of sulfonamides is 1. The zero-order valence-electron chi connectivity index (χ0n) is 16.5. The molecule has 1 aromatic heterocycles. The molecular weight excluding hydrogens is 427 g/mol. The molecule has 2 aromatic carbocycles. The molecule has 1 aliphatic heterocycles. The number of halogens is 1. The number of carbonyl (C=O) groups excluding carboxylic acids is 1. The molecule has 1 fully saturated rings. The summed E-state index contributed by atoms with van der Waals surface area (Å²) in [5, 5.41) is 10.0. The van der Waals surface area contributed by atoms with Crippen LogP contribution in [0.25, 0.3) is 11.5 Å². The van der Waals surface area contributed by atoms with E-state index in [2.05, 4.69) is 15.5 Å². The molecule has 1 amide bonds. The fraction of sp³-hybridized carbons (Fsp3) is 0.250. The highest BCUT2D eigenvalue weighted by Gasteiger charge is 2.40. The van der Waals surface area contributed by atoms with Crippen LogP contribution in [0.2, 0.25) is 0 Å². The van der Waals surface area contributed by atoms with Gasteiger partial charge in [0.05, 0.1) is 12.0 Å². The average molecular weight is 446 g/mol. The summed E-state index contributed by atoms with van der Waals surface area (Å²) in [6.07, 6.45) is 0.887. The third-order valence-corrected chi connectivity index (χ3v) is 6.82. The molecule has 0 saturated carbocycles. The maximum absolute atomic E-state index is 13.4. The molecule has 1 N–H and O–H groups in total. The lowest BCUT2D eigenvalue weighted by atomic mass is 10.2. The van der Waals surface area contributed by atoms with Crippen LogP contribution in [0.3, 0.4) is 0 Å². The lowest BCUT2D eigenvalue weighted by Gasteiger charge is -2.22. The largest absolute Gasteiger partial charge is 0.497 e. The van der Waals surface area contributed by atoms with E-state index in [0.717, 1.165) is 4.31 Å². The standard InChI is InChI=1S/C20H19FN4O5S/c1-29-15-7-9-16(10-8-15)31(27,28)25-11-3-6-17(25)18(26)22-20-24-23-19(30-20)13-4-2-5-14(21)12-13/h2,4-5,7-10,12,17H,3,6,11H2,1H3,(H,22,24,26). The molecule has 1 saturated heterocycles. The van der Waals surface area contributed by atoms with Crippen LogP contribution in [0.15, 0.2) is 57.8 Å². The van der Waals surface area contributed by atoms with E-state index in [4.69, 9.17) is 9.15 Å². The average Bonchev–Trinajstić information content (AvgIpc) is 3.44. The van der Waals surface area contributed by atoms with Crippen LogP contribution >= 0.6 is 0 Å². The van der Waals surface area contributed by atoms with E-state index >= 15 is 0 Å². The van der Waals surface area contributed by atoms with Crippen molar-refractivity contribution >= 4 is 21.9 Å². The topological polar surface area (TPSA) is 115 Å². The van der Waals surface area contributed by atoms with Gasteiger partial charge in [-0.15, -0.1) is 5.10 Å². The zero-order chi connectivity index (χ0) is 22.0. The number of hydrogen-bond donors (Lipinski definition) is 1. The van der Waals surface area contributed by atoms with Gasteiger partial charge in [-0.3, -0.25) is 10.1 Å². The number of benzene rings is 2. The molecule has 9 nitrogen and oxygen atoms in total. The van der Waals surface area contributed by atoms with E-state index in [1.165, 1.54) is 37.4 Å². The second kappa shape index (κ2) is 8.44. The number of hydrogen-bond acceptors (Lipinski definition) is 7. The second-order valence-corrected chi connectivity index (χ2v) is 8.75. The van der Waals surface area contributed by atoms with Gasteiger partial charge in [-0.1, -0.05) is 11.2 Å². The predicted molar refractivity (Wildman–Crippen MR) is 108 cm³/mol. The summed E-state index contributed by atoms with van der Waals surface area (Å²) in [6.45, 7) is 0.213. The Morgan fingerprint density at radius 2 is 2.00 bits per heavy atom. The van der Waals surface area contributed by atoms with Crippen molar-refractivity contribution in [2.45, 2.75) is 23.8 Å². The molecule has 162 valence electrons. The summed E-state index contributed by atoms with van der Waals surface area (Å²) in [6, 6.07) is 10.4. The zero-order valence-corrected chi connectivity index (χ0v) is 17.3. The first-order valence-corrected chi connectivity index (χ1v) is 10.9. The van der Waals surface area contributed by atoms with Gasteiger partial charge in [-0.05, 0) is 55.3 Å². The first-order chi connectivity index (χ1) is 14.9. The van der Waals surface area contributed by atoms with E-state index in [-0.39, 0.29) is 23.3 Å². The molecular formula is C20H19FN4O5S. The molecule has 0 bridgehead atoms. The Morgan fingerprint density at radius 1 is 1.23 bits per heavy atom. The molecule has 31 heavy (non-hydrogen) atoms. The van der Waals surface area contributed by atoms with Gasteiger partial charge in [0.2, 0.25) is 21.8 Å². The Bertz CT molecular complexity index is 1200. The van der Waals surface area contributed by atoms with Crippen molar-refractivity contribution in [2.24, 2.45) is 0 Å². The normalized spacial score (nSPS) is 16.9. The summed E-state index contributed by atoms with van der Waals surface area (Å²) >= 11 is 0. The molecule has 1 aliphatic rings. The summed E-state index contributed by atoms with van der Waals surface area (Å²) in [7, 11) is -2.40. The molecule has 0 radical (unpaired) electrons. The van der Waals surface area contributed by atoms with Gasteiger partial charge in [0.1, 0.15) is 17.6 Å². The number of rotatable bonds is 6. The monoisotopic (exact) mass is 446 g/mol. The van der Waals surface area contributed by atoms with Gasteiger partial charge >= 0.3 is 6.01 Å². The van der Waals surface area contributed by atoms with E-state index in [1.807, 2.05) is 0 Å². The summed E-state index contributed by atoms with van der Waals surface area (Å²) < 4.78 is 51.1. The Hall–Kier alpha value is -3.31. The van der Waals surface area contributed by atoms with Crippen molar-refractivity contribution in [3.8, 4) is 17.2 Å². The molecule has 1 atom stereocenters. The Morgan fingerprint density at radius 3 is 2.71 bits per heavy atom. The molecule has 1 unspecified atom stereocenters. The minimum Gasteiger partial charge on any atom is -0.497 e. The smallest absolute Gasteiger partial charge is 0.322 e. The minimum absolute atomic E-state index is 0.0314. The van der Waals surface area contributed by atoms with E-state index < -0.39 is 27.8 Å². The van der Waals surface area contributed by atoms with Gasteiger partial charge in [0.25, 0.3) is 0 Å². The highest BCUT2D eigenvalue weighted by Crippen LogP contribution is 2.28. The van der Waals surface area contributed by atoms with Crippen molar-refractivity contribution in [3.05, 3.63) is 54.3 Å². The third kappa shape index (κ3) is 4.28. The fourth-order valence-electron chi connectivity index (χ4n) is 3.37. The number of aromatic nitrogens is 2. The number of anilines is 1. The summed E-state index contributed by atoms with van der Waals surface area (Å²) in [5.74, 6) is -0.486.